The summed E-state index contributed by atoms with van der Waals surface area (Å²) < 4.78 is 48.8. The Morgan fingerprint density at radius 1 is 1.29 bits per heavy atom. The average molecular weight is 418 g/mol. The molecule has 0 fully saturated rings. The lowest BCUT2D eigenvalue weighted by atomic mass is 10.1. The van der Waals surface area contributed by atoms with Crippen molar-refractivity contribution in [2.24, 2.45) is 5.10 Å². The second kappa shape index (κ2) is 8.79. The summed E-state index contributed by atoms with van der Waals surface area (Å²) in [6.45, 7) is 2.20. The van der Waals surface area contributed by atoms with Gasteiger partial charge in [-0.25, -0.2) is 0 Å². The number of nitrogens with one attached hydrogen (secondary N) is 1. The largest absolute Gasteiger partial charge is 0.493 e. The fourth-order valence-corrected chi connectivity index (χ4v) is 2.40. The molecule has 0 atom stereocenters. The van der Waals surface area contributed by atoms with Crippen LogP contribution in [0.2, 0.25) is 5.02 Å². The predicted molar refractivity (Wildman–Crippen MR) is 98.5 cm³/mol. The van der Waals surface area contributed by atoms with Crippen molar-refractivity contribution in [1.29, 1.82) is 0 Å². The van der Waals surface area contributed by atoms with E-state index in [2.05, 4.69) is 10.5 Å². The van der Waals surface area contributed by atoms with Gasteiger partial charge >= 0.3 is 6.18 Å². The lowest BCUT2D eigenvalue weighted by molar-refractivity contribution is -0.384. The maximum Gasteiger partial charge on any atom is 0.416 e. The van der Waals surface area contributed by atoms with Crippen LogP contribution in [-0.4, -0.2) is 24.9 Å². The van der Waals surface area contributed by atoms with Crippen molar-refractivity contribution in [3.8, 4) is 11.5 Å². The minimum atomic E-state index is -4.70. The smallest absolute Gasteiger partial charge is 0.416 e. The van der Waals surface area contributed by atoms with Crippen molar-refractivity contribution in [1.82, 2.24) is 0 Å². The van der Waals surface area contributed by atoms with Crippen LogP contribution in [0, 0.1) is 10.1 Å². The number of nitrogens with zero attached hydrogens (tertiary/aromatic N) is 2. The van der Waals surface area contributed by atoms with Gasteiger partial charge in [-0.3, -0.25) is 15.5 Å². The zero-order valence-corrected chi connectivity index (χ0v) is 15.5. The number of anilines is 1. The summed E-state index contributed by atoms with van der Waals surface area (Å²) in [5.41, 5.74) is 0.664. The predicted octanol–water partition coefficient (Wildman–Crippen LogP) is 5.12. The monoisotopic (exact) mass is 417 g/mol. The molecule has 2 rings (SSSR count). The van der Waals surface area contributed by atoms with Crippen LogP contribution in [0.4, 0.5) is 24.5 Å². The summed E-state index contributed by atoms with van der Waals surface area (Å²) in [5.74, 6) is 0.826. The van der Waals surface area contributed by atoms with Crippen LogP contribution < -0.4 is 14.9 Å². The van der Waals surface area contributed by atoms with Crippen molar-refractivity contribution in [3.63, 3.8) is 0 Å². The molecule has 2 aromatic rings. The Kier molecular flexibility index (Phi) is 6.68. The van der Waals surface area contributed by atoms with Gasteiger partial charge < -0.3 is 9.47 Å². The molecule has 0 bridgehead atoms. The fourth-order valence-electron chi connectivity index (χ4n) is 2.20. The van der Waals surface area contributed by atoms with E-state index >= 15 is 0 Å². The molecule has 0 unspecified atom stereocenters. The molecule has 150 valence electrons. The number of ether oxygens (including phenoxy) is 2. The van der Waals surface area contributed by atoms with Crippen LogP contribution in [0.25, 0.3) is 0 Å². The topological polar surface area (TPSA) is 86.0 Å². The molecule has 0 saturated carbocycles. The van der Waals surface area contributed by atoms with E-state index in [0.717, 1.165) is 12.1 Å². The van der Waals surface area contributed by atoms with Gasteiger partial charge in [0.25, 0.3) is 5.69 Å². The number of alkyl halides is 3. The SMILES string of the molecule is CCOc1cc(Cl)c(/C=N\Nc2ccc(C(F)(F)F)cc2[N+](=O)[O-])cc1OC. The van der Waals surface area contributed by atoms with Crippen molar-refractivity contribution in [2.75, 3.05) is 19.1 Å². The van der Waals surface area contributed by atoms with E-state index in [0.29, 0.717) is 29.7 Å². The van der Waals surface area contributed by atoms with E-state index < -0.39 is 22.4 Å². The highest BCUT2D eigenvalue weighted by Crippen LogP contribution is 2.35. The summed E-state index contributed by atoms with van der Waals surface area (Å²) in [6, 6.07) is 5.15. The molecule has 0 aromatic heterocycles. The third kappa shape index (κ3) is 5.03. The van der Waals surface area contributed by atoms with Gasteiger partial charge in [-0.15, -0.1) is 0 Å². The second-order valence-electron chi connectivity index (χ2n) is 5.31. The van der Waals surface area contributed by atoms with Gasteiger partial charge in [-0.2, -0.15) is 18.3 Å². The lowest BCUT2D eigenvalue weighted by Crippen LogP contribution is -2.06. The first kappa shape index (κ1) is 21.3. The molecule has 0 aliphatic rings. The normalized spacial score (nSPS) is 11.5. The number of nitro benzene ring substituents is 1. The minimum absolute atomic E-state index is 0.205. The highest BCUT2D eigenvalue weighted by atomic mass is 35.5. The van der Waals surface area contributed by atoms with Gasteiger partial charge in [-0.1, -0.05) is 11.6 Å². The molecule has 2 aromatic carbocycles. The van der Waals surface area contributed by atoms with Crippen molar-refractivity contribution in [3.05, 3.63) is 56.6 Å². The molecule has 0 amide bonds. The first-order chi connectivity index (χ1) is 13.2. The number of halogens is 4. The molecule has 1 N–H and O–H groups in total. The van der Waals surface area contributed by atoms with Crippen LogP contribution in [0.1, 0.15) is 18.1 Å². The number of rotatable bonds is 7. The van der Waals surface area contributed by atoms with E-state index in [1.807, 2.05) is 0 Å². The number of methoxy groups -OCH3 is 1. The Hall–Kier alpha value is -3.01. The third-order valence-electron chi connectivity index (χ3n) is 3.49. The summed E-state index contributed by atoms with van der Waals surface area (Å²) in [6.07, 6.45) is -3.44. The molecule has 11 heteroatoms. The molecular weight excluding hydrogens is 403 g/mol. The van der Waals surface area contributed by atoms with Crippen LogP contribution in [0.15, 0.2) is 35.4 Å². The summed E-state index contributed by atoms with van der Waals surface area (Å²) in [7, 11) is 1.44. The molecule has 0 heterocycles. The van der Waals surface area contributed by atoms with Crippen LogP contribution in [0.5, 0.6) is 11.5 Å². The average Bonchev–Trinajstić information content (AvgIpc) is 2.62. The van der Waals surface area contributed by atoms with E-state index in [1.165, 1.54) is 19.4 Å². The van der Waals surface area contributed by atoms with Gasteiger partial charge in [0.2, 0.25) is 0 Å². The molecule has 0 aliphatic carbocycles. The molecule has 0 radical (unpaired) electrons. The first-order valence-corrected chi connectivity index (χ1v) is 8.20. The van der Waals surface area contributed by atoms with Gasteiger partial charge in [0.15, 0.2) is 11.5 Å². The number of hydrogen-bond acceptors (Lipinski definition) is 6. The van der Waals surface area contributed by atoms with Crippen LogP contribution in [-0.2, 0) is 6.18 Å². The van der Waals surface area contributed by atoms with E-state index in [4.69, 9.17) is 21.1 Å². The number of hydrazone groups is 1. The Balaban J connectivity index is 2.29. The molecular formula is C17H15ClF3N3O4. The number of hydrogen-bond donors (Lipinski definition) is 1. The summed E-state index contributed by atoms with van der Waals surface area (Å²) in [4.78, 5) is 10.1. The molecule has 0 saturated heterocycles. The summed E-state index contributed by atoms with van der Waals surface area (Å²) in [5, 5.41) is 15.2. The minimum Gasteiger partial charge on any atom is -0.493 e. The Morgan fingerprint density at radius 3 is 2.57 bits per heavy atom. The van der Waals surface area contributed by atoms with E-state index in [9.17, 15) is 23.3 Å². The second-order valence-corrected chi connectivity index (χ2v) is 5.72. The zero-order chi connectivity index (χ0) is 20.9. The third-order valence-corrected chi connectivity index (χ3v) is 3.82. The van der Waals surface area contributed by atoms with Crippen molar-refractivity contribution >= 4 is 29.2 Å². The number of nitro groups is 1. The standard InChI is InChI=1S/C17H15ClF3N3O4/c1-3-28-16-8-12(18)10(6-15(16)27-2)9-22-23-13-5-4-11(17(19,20)21)7-14(13)24(25)26/h4-9,23H,3H2,1-2H3/b22-9-. The number of benzene rings is 2. The maximum atomic E-state index is 12.7. The Morgan fingerprint density at radius 2 is 2.00 bits per heavy atom. The van der Waals surface area contributed by atoms with Crippen molar-refractivity contribution in [2.45, 2.75) is 13.1 Å². The molecule has 0 spiro atoms. The van der Waals surface area contributed by atoms with Crippen LogP contribution >= 0.6 is 11.6 Å². The van der Waals surface area contributed by atoms with Gasteiger partial charge in [-0.05, 0) is 25.1 Å². The maximum absolute atomic E-state index is 12.7. The van der Waals surface area contributed by atoms with E-state index in [1.54, 1.807) is 13.0 Å². The van der Waals surface area contributed by atoms with Gasteiger partial charge in [0, 0.05) is 17.7 Å². The molecule has 0 aliphatic heterocycles. The summed E-state index contributed by atoms with van der Waals surface area (Å²) >= 11 is 6.14. The Labute approximate surface area is 162 Å². The van der Waals surface area contributed by atoms with Gasteiger partial charge in [0.05, 0.1) is 35.4 Å². The highest BCUT2D eigenvalue weighted by Gasteiger charge is 2.33. The highest BCUT2D eigenvalue weighted by molar-refractivity contribution is 6.33. The zero-order valence-electron chi connectivity index (χ0n) is 14.7. The molecule has 7 nitrogen and oxygen atoms in total. The first-order valence-electron chi connectivity index (χ1n) is 7.82. The van der Waals surface area contributed by atoms with Crippen molar-refractivity contribution < 1.29 is 27.6 Å². The lowest BCUT2D eigenvalue weighted by Gasteiger charge is -2.11. The van der Waals surface area contributed by atoms with Gasteiger partial charge in [0.1, 0.15) is 5.69 Å². The Bertz CT molecular complexity index is 904. The van der Waals surface area contributed by atoms with E-state index in [-0.39, 0.29) is 10.7 Å². The quantitative estimate of drug-likeness (QED) is 0.384. The fraction of sp³-hybridized carbons (Fsp3) is 0.235. The molecule has 28 heavy (non-hydrogen) atoms. The van der Waals surface area contributed by atoms with Crippen LogP contribution in [0.3, 0.4) is 0 Å².